The fraction of sp³-hybridized carbons (Fsp3) is 0.125. The first-order valence-electron chi connectivity index (χ1n) is 7.07. The summed E-state index contributed by atoms with van der Waals surface area (Å²) < 4.78 is 1.70. The van der Waals surface area contributed by atoms with Crippen molar-refractivity contribution >= 4 is 23.3 Å². The first kappa shape index (κ1) is 15.1. The Kier molecular flexibility index (Phi) is 4.90. The number of benzene rings is 1. The number of amides is 1. The molecule has 0 aliphatic rings. The molecule has 0 saturated heterocycles. The quantitative estimate of drug-likeness (QED) is 0.706. The predicted molar refractivity (Wildman–Crippen MR) is 88.5 cm³/mol. The van der Waals surface area contributed by atoms with Crippen molar-refractivity contribution in [1.82, 2.24) is 25.1 Å². The molecule has 23 heavy (non-hydrogen) atoms. The minimum Gasteiger partial charge on any atom is -0.344 e. The van der Waals surface area contributed by atoms with Crippen molar-refractivity contribution in [2.45, 2.75) is 12.6 Å². The van der Waals surface area contributed by atoms with E-state index in [1.165, 1.54) is 23.7 Å². The Hall–Kier alpha value is -2.80. The number of carbonyl (C=O) groups excluding carboxylic acids is 1. The Bertz CT molecular complexity index is 753. The fourth-order valence-electron chi connectivity index (χ4n) is 2.12. The second-order valence-corrected chi connectivity index (χ2v) is 5.72. The summed E-state index contributed by atoms with van der Waals surface area (Å²) in [6, 6.07) is 9.60. The van der Waals surface area contributed by atoms with E-state index in [0.717, 1.165) is 10.6 Å². The van der Waals surface area contributed by atoms with Crippen LogP contribution >= 0.6 is 11.3 Å². The molecule has 1 atom stereocenters. The van der Waals surface area contributed by atoms with Crippen molar-refractivity contribution in [2.24, 2.45) is 0 Å². The molecule has 116 valence electrons. The van der Waals surface area contributed by atoms with Gasteiger partial charge < -0.3 is 5.32 Å². The summed E-state index contributed by atoms with van der Waals surface area (Å²) in [4.78, 5) is 20.2. The molecule has 3 rings (SSSR count). The maximum Gasteiger partial charge on any atom is 0.244 e. The highest BCUT2D eigenvalue weighted by Gasteiger charge is 2.14. The molecule has 2 heterocycles. The van der Waals surface area contributed by atoms with Crippen LogP contribution in [0.15, 0.2) is 60.6 Å². The van der Waals surface area contributed by atoms with Gasteiger partial charge >= 0.3 is 0 Å². The van der Waals surface area contributed by atoms with Crippen LogP contribution in [-0.4, -0.2) is 25.7 Å². The summed E-state index contributed by atoms with van der Waals surface area (Å²) in [5.41, 5.74) is 1.01. The van der Waals surface area contributed by atoms with Crippen LogP contribution < -0.4 is 5.32 Å². The van der Waals surface area contributed by atoms with Crippen LogP contribution in [0, 0.1) is 0 Å². The van der Waals surface area contributed by atoms with Gasteiger partial charge in [-0.15, -0.1) is 11.3 Å². The molecule has 0 spiro atoms. The summed E-state index contributed by atoms with van der Waals surface area (Å²) in [7, 11) is 0. The van der Waals surface area contributed by atoms with Gasteiger partial charge in [-0.3, -0.25) is 9.48 Å². The Balaban J connectivity index is 1.71. The summed E-state index contributed by atoms with van der Waals surface area (Å²) in [5, 5.41) is 9.77. The standard InChI is InChI=1S/C16H15N5OS/c22-15(6-7-16-18-8-9-23-16)20-14(10-21-12-17-11-19-21)13-4-2-1-3-5-13/h1-9,11-12,14H,10H2,(H,20,22)/b7-6+. The van der Waals surface area contributed by atoms with Gasteiger partial charge in [0.15, 0.2) is 0 Å². The first-order valence-corrected chi connectivity index (χ1v) is 7.94. The van der Waals surface area contributed by atoms with Gasteiger partial charge in [-0.05, 0) is 11.6 Å². The zero-order chi connectivity index (χ0) is 15.9. The predicted octanol–water partition coefficient (Wildman–Crippen LogP) is 2.31. The van der Waals surface area contributed by atoms with Crippen molar-refractivity contribution in [1.29, 1.82) is 0 Å². The van der Waals surface area contributed by atoms with E-state index in [4.69, 9.17) is 0 Å². The summed E-state index contributed by atoms with van der Waals surface area (Å²) in [6.45, 7) is 0.515. The molecule has 0 aliphatic heterocycles. The lowest BCUT2D eigenvalue weighted by molar-refractivity contribution is -0.117. The second-order valence-electron chi connectivity index (χ2n) is 4.79. The van der Waals surface area contributed by atoms with Gasteiger partial charge in [0.05, 0.1) is 12.6 Å². The van der Waals surface area contributed by atoms with E-state index in [9.17, 15) is 4.79 Å². The monoisotopic (exact) mass is 325 g/mol. The number of hydrogen-bond acceptors (Lipinski definition) is 5. The number of aromatic nitrogens is 4. The molecule has 2 aromatic heterocycles. The minimum atomic E-state index is -0.189. The highest BCUT2D eigenvalue weighted by molar-refractivity contribution is 7.10. The molecule has 7 heteroatoms. The second kappa shape index (κ2) is 7.46. The van der Waals surface area contributed by atoms with Gasteiger partial charge in [0.2, 0.25) is 5.91 Å². The van der Waals surface area contributed by atoms with E-state index >= 15 is 0 Å². The number of carbonyl (C=O) groups is 1. The smallest absolute Gasteiger partial charge is 0.244 e. The lowest BCUT2D eigenvalue weighted by atomic mass is 10.1. The Morgan fingerprint density at radius 1 is 1.35 bits per heavy atom. The summed E-state index contributed by atoms with van der Waals surface area (Å²) in [6.07, 6.45) is 8.02. The van der Waals surface area contributed by atoms with Crippen LogP contribution in [-0.2, 0) is 11.3 Å². The van der Waals surface area contributed by atoms with Gasteiger partial charge in [0, 0.05) is 17.7 Å². The fourth-order valence-corrected chi connectivity index (χ4v) is 2.65. The third kappa shape index (κ3) is 4.33. The summed E-state index contributed by atoms with van der Waals surface area (Å²) >= 11 is 1.48. The molecule has 1 aromatic carbocycles. The lowest BCUT2D eigenvalue weighted by Crippen LogP contribution is -2.30. The molecule has 6 nitrogen and oxygen atoms in total. The molecule has 0 fully saturated rings. The molecule has 1 unspecified atom stereocenters. The van der Waals surface area contributed by atoms with Crippen LogP contribution in [0.4, 0.5) is 0 Å². The van der Waals surface area contributed by atoms with Crippen molar-refractivity contribution < 1.29 is 4.79 Å². The average molecular weight is 325 g/mol. The van der Waals surface area contributed by atoms with Gasteiger partial charge in [-0.25, -0.2) is 9.97 Å². The average Bonchev–Trinajstić information content (AvgIpc) is 3.27. The number of nitrogens with zero attached hydrogens (tertiary/aromatic N) is 4. The van der Waals surface area contributed by atoms with Crippen molar-refractivity contribution in [3.8, 4) is 0 Å². The van der Waals surface area contributed by atoms with Crippen LogP contribution in [0.5, 0.6) is 0 Å². The van der Waals surface area contributed by atoms with E-state index in [1.54, 1.807) is 23.3 Å². The first-order chi connectivity index (χ1) is 11.3. The molecule has 3 aromatic rings. The Morgan fingerprint density at radius 2 is 2.22 bits per heavy atom. The molecular weight excluding hydrogens is 310 g/mol. The van der Waals surface area contributed by atoms with E-state index < -0.39 is 0 Å². The third-order valence-corrected chi connectivity index (χ3v) is 3.92. The highest BCUT2D eigenvalue weighted by atomic mass is 32.1. The zero-order valence-corrected chi connectivity index (χ0v) is 13.1. The van der Waals surface area contributed by atoms with E-state index in [1.807, 2.05) is 35.7 Å². The normalized spacial score (nSPS) is 12.3. The van der Waals surface area contributed by atoms with Crippen LogP contribution in [0.1, 0.15) is 16.6 Å². The van der Waals surface area contributed by atoms with E-state index in [-0.39, 0.29) is 11.9 Å². The molecule has 0 bridgehead atoms. The van der Waals surface area contributed by atoms with Crippen molar-refractivity contribution in [3.63, 3.8) is 0 Å². The number of rotatable bonds is 6. The third-order valence-electron chi connectivity index (χ3n) is 3.18. The molecule has 0 saturated carbocycles. The SMILES string of the molecule is O=C(/C=C/c1nccs1)NC(Cn1cncn1)c1ccccc1. The van der Waals surface area contributed by atoms with Crippen LogP contribution in [0.25, 0.3) is 6.08 Å². The van der Waals surface area contributed by atoms with Crippen molar-refractivity contribution in [2.75, 3.05) is 0 Å². The number of thiazole rings is 1. The van der Waals surface area contributed by atoms with Gasteiger partial charge in [-0.2, -0.15) is 5.10 Å². The molecule has 1 N–H and O–H groups in total. The van der Waals surface area contributed by atoms with Crippen LogP contribution in [0.2, 0.25) is 0 Å². The van der Waals surface area contributed by atoms with E-state index in [0.29, 0.717) is 6.54 Å². The number of hydrogen-bond donors (Lipinski definition) is 1. The molecule has 0 radical (unpaired) electrons. The maximum atomic E-state index is 12.2. The van der Waals surface area contributed by atoms with Gasteiger partial charge in [0.25, 0.3) is 0 Å². The molecule has 0 aliphatic carbocycles. The Labute approximate surface area is 137 Å². The summed E-state index contributed by atoms with van der Waals surface area (Å²) in [5.74, 6) is -0.172. The topological polar surface area (TPSA) is 72.7 Å². The largest absolute Gasteiger partial charge is 0.344 e. The lowest BCUT2D eigenvalue weighted by Gasteiger charge is -2.18. The van der Waals surface area contributed by atoms with E-state index in [2.05, 4.69) is 20.4 Å². The van der Waals surface area contributed by atoms with Gasteiger partial charge in [-0.1, -0.05) is 30.3 Å². The number of nitrogens with one attached hydrogen (secondary N) is 1. The van der Waals surface area contributed by atoms with Gasteiger partial charge in [0.1, 0.15) is 17.7 Å². The van der Waals surface area contributed by atoms with Crippen molar-refractivity contribution in [3.05, 3.63) is 71.2 Å². The zero-order valence-electron chi connectivity index (χ0n) is 12.2. The molecular formula is C16H15N5OS. The maximum absolute atomic E-state index is 12.2. The van der Waals surface area contributed by atoms with Crippen LogP contribution in [0.3, 0.4) is 0 Å². The highest BCUT2D eigenvalue weighted by Crippen LogP contribution is 2.14. The minimum absolute atomic E-state index is 0.172. The Morgan fingerprint density at radius 3 is 2.91 bits per heavy atom. The molecule has 1 amide bonds.